The Balaban J connectivity index is 1.78. The van der Waals surface area contributed by atoms with E-state index in [9.17, 15) is 9.59 Å². The quantitative estimate of drug-likeness (QED) is 0.650. The molecule has 2 aromatic rings. The zero-order chi connectivity index (χ0) is 21.0. The molecule has 0 spiro atoms. The van der Waals surface area contributed by atoms with Crippen molar-refractivity contribution in [3.63, 3.8) is 0 Å². The molecule has 2 aromatic heterocycles. The minimum Gasteiger partial charge on any atom is -0.313 e. The van der Waals surface area contributed by atoms with Crippen LogP contribution in [0.4, 0.5) is 5.69 Å². The first kappa shape index (κ1) is 20.8. The molecule has 8 heteroatoms. The summed E-state index contributed by atoms with van der Waals surface area (Å²) in [6.45, 7) is 9.62. The van der Waals surface area contributed by atoms with Crippen molar-refractivity contribution in [1.29, 1.82) is 0 Å². The van der Waals surface area contributed by atoms with Gasteiger partial charge >= 0.3 is 0 Å². The van der Waals surface area contributed by atoms with E-state index in [0.717, 1.165) is 12.1 Å². The van der Waals surface area contributed by atoms with Gasteiger partial charge in [0, 0.05) is 30.9 Å². The van der Waals surface area contributed by atoms with Gasteiger partial charge in [0.05, 0.1) is 18.1 Å². The fraction of sp³-hybridized carbons (Fsp3) is 0.333. The van der Waals surface area contributed by atoms with Crippen LogP contribution in [-0.4, -0.2) is 44.1 Å². The highest BCUT2D eigenvalue weighted by Crippen LogP contribution is 2.34. The van der Waals surface area contributed by atoms with Crippen LogP contribution >= 0.6 is 11.6 Å². The SMILES string of the molecule is C=CC(=O)N(C=C)[C@@H]1CC[C@H](C(=O)N(CC)c2cn(-c3cccnc3)nc2Cl)C1. The number of carbonyl (C=O) groups excluding carboxylic acids is 2. The zero-order valence-corrected chi connectivity index (χ0v) is 17.1. The van der Waals surface area contributed by atoms with E-state index in [0.29, 0.717) is 25.1 Å². The van der Waals surface area contributed by atoms with Crippen LogP contribution in [0.1, 0.15) is 26.2 Å². The molecule has 0 unspecified atom stereocenters. The average Bonchev–Trinajstić information content (AvgIpc) is 3.37. The van der Waals surface area contributed by atoms with Crippen LogP contribution in [0, 0.1) is 5.92 Å². The van der Waals surface area contributed by atoms with Gasteiger partial charge in [0.2, 0.25) is 11.8 Å². The minimum atomic E-state index is -0.203. The molecule has 0 N–H and O–H groups in total. The summed E-state index contributed by atoms with van der Waals surface area (Å²) in [5.41, 5.74) is 1.32. The van der Waals surface area contributed by atoms with Crippen LogP contribution in [0.5, 0.6) is 0 Å². The van der Waals surface area contributed by atoms with Gasteiger partial charge in [-0.2, -0.15) is 5.10 Å². The maximum Gasteiger partial charge on any atom is 0.250 e. The van der Waals surface area contributed by atoms with E-state index >= 15 is 0 Å². The van der Waals surface area contributed by atoms with E-state index in [-0.39, 0.29) is 28.9 Å². The molecule has 29 heavy (non-hydrogen) atoms. The molecule has 1 saturated carbocycles. The van der Waals surface area contributed by atoms with Gasteiger partial charge in [0.15, 0.2) is 5.15 Å². The van der Waals surface area contributed by atoms with Crippen molar-refractivity contribution < 1.29 is 9.59 Å². The van der Waals surface area contributed by atoms with Gasteiger partial charge in [0.25, 0.3) is 0 Å². The number of amides is 2. The maximum atomic E-state index is 13.2. The second kappa shape index (κ2) is 9.05. The van der Waals surface area contributed by atoms with Gasteiger partial charge in [-0.3, -0.25) is 14.6 Å². The highest BCUT2D eigenvalue weighted by Gasteiger charge is 2.36. The molecule has 1 aliphatic rings. The molecular weight excluding hydrogens is 390 g/mol. The summed E-state index contributed by atoms with van der Waals surface area (Å²) >= 11 is 6.36. The number of aromatic nitrogens is 3. The van der Waals surface area contributed by atoms with Crippen molar-refractivity contribution in [1.82, 2.24) is 19.7 Å². The van der Waals surface area contributed by atoms with E-state index in [2.05, 4.69) is 23.2 Å². The van der Waals surface area contributed by atoms with Crippen molar-refractivity contribution in [2.24, 2.45) is 5.92 Å². The van der Waals surface area contributed by atoms with Crippen LogP contribution in [0.25, 0.3) is 5.69 Å². The fourth-order valence-electron chi connectivity index (χ4n) is 3.77. The second-order valence-electron chi connectivity index (χ2n) is 6.84. The van der Waals surface area contributed by atoms with Gasteiger partial charge < -0.3 is 9.80 Å². The van der Waals surface area contributed by atoms with Gasteiger partial charge in [-0.05, 0) is 44.4 Å². The molecule has 2 heterocycles. The Hall–Kier alpha value is -2.93. The first-order chi connectivity index (χ1) is 14.0. The number of nitrogens with zero attached hydrogens (tertiary/aromatic N) is 5. The third-order valence-electron chi connectivity index (χ3n) is 5.21. The molecular formula is C21H24ClN5O2. The molecule has 7 nitrogen and oxygen atoms in total. The lowest BCUT2D eigenvalue weighted by Gasteiger charge is -2.25. The monoisotopic (exact) mass is 413 g/mol. The van der Waals surface area contributed by atoms with Crippen LogP contribution in [0.2, 0.25) is 5.15 Å². The summed E-state index contributed by atoms with van der Waals surface area (Å²) in [6, 6.07) is 3.61. The number of carbonyl (C=O) groups is 2. The molecule has 3 rings (SSSR count). The lowest BCUT2D eigenvalue weighted by atomic mass is 10.1. The predicted molar refractivity (Wildman–Crippen MR) is 113 cm³/mol. The lowest BCUT2D eigenvalue weighted by molar-refractivity contribution is -0.126. The molecule has 2 amide bonds. The van der Waals surface area contributed by atoms with E-state index in [4.69, 9.17) is 11.6 Å². The molecule has 0 aliphatic heterocycles. The van der Waals surface area contributed by atoms with Crippen LogP contribution in [0.3, 0.4) is 0 Å². The smallest absolute Gasteiger partial charge is 0.250 e. The van der Waals surface area contributed by atoms with Crippen molar-refractivity contribution in [3.05, 3.63) is 61.3 Å². The van der Waals surface area contributed by atoms with Gasteiger partial charge in [0.1, 0.15) is 5.69 Å². The third-order valence-corrected chi connectivity index (χ3v) is 5.48. The van der Waals surface area contributed by atoms with Crippen molar-refractivity contribution >= 4 is 29.1 Å². The summed E-state index contributed by atoms with van der Waals surface area (Å²) < 4.78 is 1.61. The average molecular weight is 414 g/mol. The molecule has 0 aromatic carbocycles. The molecule has 2 atom stereocenters. The number of hydrogen-bond donors (Lipinski definition) is 0. The fourth-order valence-corrected chi connectivity index (χ4v) is 4.00. The highest BCUT2D eigenvalue weighted by atomic mass is 35.5. The number of halogens is 1. The van der Waals surface area contributed by atoms with Crippen LogP contribution < -0.4 is 4.90 Å². The van der Waals surface area contributed by atoms with Gasteiger partial charge in [-0.15, -0.1) is 0 Å². The Morgan fingerprint density at radius 1 is 1.38 bits per heavy atom. The molecule has 1 fully saturated rings. The van der Waals surface area contributed by atoms with Crippen LogP contribution in [0.15, 0.2) is 56.2 Å². The Morgan fingerprint density at radius 2 is 2.17 bits per heavy atom. The number of pyridine rings is 1. The molecule has 1 aliphatic carbocycles. The first-order valence-corrected chi connectivity index (χ1v) is 9.92. The van der Waals surface area contributed by atoms with Gasteiger partial charge in [-0.25, -0.2) is 4.68 Å². The normalized spacial score (nSPS) is 18.3. The highest BCUT2D eigenvalue weighted by molar-refractivity contribution is 6.32. The van der Waals surface area contributed by atoms with Crippen molar-refractivity contribution in [3.8, 4) is 5.69 Å². The van der Waals surface area contributed by atoms with E-state index in [1.807, 2.05) is 19.1 Å². The summed E-state index contributed by atoms with van der Waals surface area (Å²) in [4.78, 5) is 32.5. The number of rotatable bonds is 7. The Morgan fingerprint density at radius 3 is 2.79 bits per heavy atom. The molecule has 0 saturated heterocycles. The minimum absolute atomic E-state index is 0.0160. The molecule has 152 valence electrons. The Labute approximate surface area is 175 Å². The Kier molecular flexibility index (Phi) is 6.49. The van der Waals surface area contributed by atoms with E-state index in [1.54, 1.807) is 33.1 Å². The maximum absolute atomic E-state index is 13.2. The largest absolute Gasteiger partial charge is 0.313 e. The summed E-state index contributed by atoms with van der Waals surface area (Å²) in [5.74, 6) is -0.415. The molecule has 0 radical (unpaired) electrons. The summed E-state index contributed by atoms with van der Waals surface area (Å²) in [6.07, 6.45) is 9.88. The summed E-state index contributed by atoms with van der Waals surface area (Å²) in [5, 5.41) is 4.58. The van der Waals surface area contributed by atoms with Crippen LogP contribution in [-0.2, 0) is 9.59 Å². The van der Waals surface area contributed by atoms with Gasteiger partial charge in [-0.1, -0.05) is 24.8 Å². The zero-order valence-electron chi connectivity index (χ0n) is 16.4. The van der Waals surface area contributed by atoms with Crippen molar-refractivity contribution in [2.75, 3.05) is 11.4 Å². The van der Waals surface area contributed by atoms with Crippen molar-refractivity contribution in [2.45, 2.75) is 32.2 Å². The van der Waals surface area contributed by atoms with E-state index < -0.39 is 0 Å². The number of hydrogen-bond acceptors (Lipinski definition) is 4. The van der Waals surface area contributed by atoms with E-state index in [1.165, 1.54) is 12.3 Å². The number of anilines is 1. The lowest BCUT2D eigenvalue weighted by Crippen LogP contribution is -2.37. The predicted octanol–water partition coefficient (Wildman–Crippen LogP) is 3.60. The summed E-state index contributed by atoms with van der Waals surface area (Å²) in [7, 11) is 0. The first-order valence-electron chi connectivity index (χ1n) is 9.54. The third kappa shape index (κ3) is 4.24. The standard InChI is InChI=1S/C21H24ClN5O2/c1-4-19(28)25(5-2)16-10-9-15(12-16)21(29)26(6-3)18-14-27(24-20(18)22)17-8-7-11-23-13-17/h4-5,7-8,11,13-16H,1-2,6,9-10,12H2,3H3/t15-,16+/m0/s1. The second-order valence-corrected chi connectivity index (χ2v) is 7.20. The molecule has 0 bridgehead atoms. The Bertz CT molecular complexity index is 911. The topological polar surface area (TPSA) is 71.3 Å².